The molecule has 1 aromatic carbocycles. The van der Waals surface area contributed by atoms with Crippen LogP contribution in [0.5, 0.6) is 0 Å². The molecule has 0 spiro atoms. The van der Waals surface area contributed by atoms with Crippen LogP contribution in [0.25, 0.3) is 0 Å². The van der Waals surface area contributed by atoms with Gasteiger partial charge in [-0.1, -0.05) is 30.3 Å². The predicted octanol–water partition coefficient (Wildman–Crippen LogP) is 2.00. The molecule has 2 aromatic rings. The molecule has 1 aromatic heterocycles. The van der Waals surface area contributed by atoms with Crippen LogP contribution in [-0.2, 0) is 11.3 Å². The highest BCUT2D eigenvalue weighted by Gasteiger charge is 2.23. The van der Waals surface area contributed by atoms with E-state index in [2.05, 4.69) is 33.9 Å². The first-order chi connectivity index (χ1) is 14.6. The van der Waals surface area contributed by atoms with Crippen molar-refractivity contribution in [2.75, 3.05) is 50.7 Å². The van der Waals surface area contributed by atoms with Crippen molar-refractivity contribution in [2.24, 2.45) is 0 Å². The van der Waals surface area contributed by atoms with E-state index in [-0.39, 0.29) is 11.8 Å². The van der Waals surface area contributed by atoms with Gasteiger partial charge in [-0.15, -0.1) is 0 Å². The van der Waals surface area contributed by atoms with Crippen molar-refractivity contribution in [3.8, 4) is 0 Å². The largest absolute Gasteiger partial charge is 0.357 e. The van der Waals surface area contributed by atoms with Crippen LogP contribution >= 0.6 is 0 Å². The summed E-state index contributed by atoms with van der Waals surface area (Å²) in [5.41, 5.74) is 1.70. The molecule has 1 fully saturated rings. The fourth-order valence-electron chi connectivity index (χ4n) is 3.59. The summed E-state index contributed by atoms with van der Waals surface area (Å²) >= 11 is 0. The Morgan fingerprint density at radius 3 is 2.30 bits per heavy atom. The molecule has 0 atom stereocenters. The van der Waals surface area contributed by atoms with Gasteiger partial charge >= 0.3 is 0 Å². The maximum absolute atomic E-state index is 12.8. The van der Waals surface area contributed by atoms with E-state index in [4.69, 9.17) is 0 Å². The molecule has 7 heteroatoms. The Balaban J connectivity index is 1.44. The molecule has 0 saturated carbocycles. The lowest BCUT2D eigenvalue weighted by Gasteiger charge is -2.34. The third-order valence-corrected chi connectivity index (χ3v) is 5.44. The van der Waals surface area contributed by atoms with Crippen molar-refractivity contribution < 1.29 is 9.59 Å². The Hall–Kier alpha value is -2.93. The number of hydrogen-bond acceptors (Lipinski definition) is 5. The molecule has 0 radical (unpaired) electrons. The maximum atomic E-state index is 12.8. The van der Waals surface area contributed by atoms with Gasteiger partial charge in [-0.05, 0) is 31.5 Å². The summed E-state index contributed by atoms with van der Waals surface area (Å²) in [5, 5.41) is 2.96. The fraction of sp³-hybridized carbons (Fsp3) is 0.435. The second-order valence-corrected chi connectivity index (χ2v) is 7.41. The number of piperazine rings is 1. The van der Waals surface area contributed by atoms with Crippen molar-refractivity contribution in [1.82, 2.24) is 20.1 Å². The van der Waals surface area contributed by atoms with Crippen molar-refractivity contribution in [1.29, 1.82) is 0 Å². The summed E-state index contributed by atoms with van der Waals surface area (Å²) in [7, 11) is 0. The third-order valence-electron chi connectivity index (χ3n) is 5.44. The Bertz CT molecular complexity index is 813. The summed E-state index contributed by atoms with van der Waals surface area (Å²) < 4.78 is 0. The Morgan fingerprint density at radius 1 is 1.00 bits per heavy atom. The highest BCUT2D eigenvalue weighted by atomic mass is 16.2. The van der Waals surface area contributed by atoms with Crippen molar-refractivity contribution in [2.45, 2.75) is 20.4 Å². The number of nitrogens with one attached hydrogen (secondary N) is 1. The van der Waals surface area contributed by atoms with E-state index < -0.39 is 0 Å². The summed E-state index contributed by atoms with van der Waals surface area (Å²) in [6.45, 7) is 9.45. The molecule has 0 unspecified atom stereocenters. The number of aromatic nitrogens is 1. The van der Waals surface area contributed by atoms with E-state index in [9.17, 15) is 9.59 Å². The van der Waals surface area contributed by atoms with E-state index in [0.717, 1.165) is 24.5 Å². The van der Waals surface area contributed by atoms with Gasteiger partial charge in [-0.3, -0.25) is 14.5 Å². The predicted molar refractivity (Wildman–Crippen MR) is 118 cm³/mol. The average molecular weight is 410 g/mol. The van der Waals surface area contributed by atoms with Crippen LogP contribution in [0.15, 0.2) is 48.7 Å². The molecule has 2 amide bonds. The zero-order valence-corrected chi connectivity index (χ0v) is 17.9. The highest BCUT2D eigenvalue weighted by molar-refractivity contribution is 5.94. The molecule has 1 aliphatic rings. The Morgan fingerprint density at radius 2 is 1.70 bits per heavy atom. The van der Waals surface area contributed by atoms with Crippen molar-refractivity contribution >= 4 is 17.6 Å². The number of pyridine rings is 1. The SMILES string of the molecule is CCN(CC)c1ccc(C(=O)N2CCN(CC(=O)NCc3ccccc3)CC2)cn1. The number of carbonyl (C=O) groups is 2. The number of hydrogen-bond donors (Lipinski definition) is 1. The van der Waals surface area contributed by atoms with Crippen LogP contribution in [-0.4, -0.2) is 72.4 Å². The quantitative estimate of drug-likeness (QED) is 0.722. The van der Waals surface area contributed by atoms with Crippen molar-refractivity contribution in [3.63, 3.8) is 0 Å². The molecule has 30 heavy (non-hydrogen) atoms. The lowest BCUT2D eigenvalue weighted by Crippen LogP contribution is -2.51. The van der Waals surface area contributed by atoms with Gasteiger partial charge in [0.15, 0.2) is 0 Å². The summed E-state index contributed by atoms with van der Waals surface area (Å²) in [6.07, 6.45) is 1.67. The topological polar surface area (TPSA) is 68.8 Å². The lowest BCUT2D eigenvalue weighted by molar-refractivity contribution is -0.122. The zero-order valence-electron chi connectivity index (χ0n) is 17.9. The first-order valence-corrected chi connectivity index (χ1v) is 10.6. The molecule has 7 nitrogen and oxygen atoms in total. The van der Waals surface area contributed by atoms with Gasteiger partial charge in [0.2, 0.25) is 5.91 Å². The summed E-state index contributed by atoms with van der Waals surface area (Å²) in [6, 6.07) is 13.6. The van der Waals surface area contributed by atoms with Gasteiger partial charge in [0.25, 0.3) is 5.91 Å². The van der Waals surface area contributed by atoms with Crippen LogP contribution < -0.4 is 10.2 Å². The van der Waals surface area contributed by atoms with Crippen molar-refractivity contribution in [3.05, 3.63) is 59.8 Å². The Kier molecular flexibility index (Phi) is 7.79. The highest BCUT2D eigenvalue weighted by Crippen LogP contribution is 2.13. The van der Waals surface area contributed by atoms with Gasteiger partial charge in [0.1, 0.15) is 5.82 Å². The fourth-order valence-corrected chi connectivity index (χ4v) is 3.59. The second-order valence-electron chi connectivity index (χ2n) is 7.41. The second kappa shape index (κ2) is 10.7. The monoisotopic (exact) mass is 409 g/mol. The molecule has 2 heterocycles. The number of carbonyl (C=O) groups excluding carboxylic acids is 2. The van der Waals surface area contributed by atoms with Crippen LogP contribution in [0, 0.1) is 0 Å². The average Bonchev–Trinajstić information content (AvgIpc) is 2.80. The lowest BCUT2D eigenvalue weighted by atomic mass is 10.2. The Labute approximate surface area is 178 Å². The van der Waals surface area contributed by atoms with Gasteiger partial charge in [-0.25, -0.2) is 4.98 Å². The van der Waals surface area contributed by atoms with Crippen LogP contribution in [0.1, 0.15) is 29.8 Å². The van der Waals surface area contributed by atoms with Gasteiger partial charge in [-0.2, -0.15) is 0 Å². The molecule has 160 valence electrons. The minimum absolute atomic E-state index is 0.00164. The minimum Gasteiger partial charge on any atom is -0.357 e. The first kappa shape index (κ1) is 21.8. The van der Waals surface area contributed by atoms with E-state index >= 15 is 0 Å². The van der Waals surface area contributed by atoms with Gasteiger partial charge in [0, 0.05) is 52.0 Å². The summed E-state index contributed by atoms with van der Waals surface area (Å²) in [4.78, 5) is 35.5. The standard InChI is InChI=1S/C23H31N5O2/c1-3-27(4-2)21-11-10-20(17-24-21)23(30)28-14-12-26(13-15-28)18-22(29)25-16-19-8-6-5-7-9-19/h5-11,17H,3-4,12-16,18H2,1-2H3,(H,25,29). The molecular weight excluding hydrogens is 378 g/mol. The summed E-state index contributed by atoms with van der Waals surface area (Å²) in [5.74, 6) is 0.902. The molecule has 0 aliphatic carbocycles. The van der Waals surface area contributed by atoms with Crippen LogP contribution in [0.4, 0.5) is 5.82 Å². The molecule has 0 bridgehead atoms. The molecule has 1 aliphatic heterocycles. The number of anilines is 1. The van der Waals surface area contributed by atoms with Crippen LogP contribution in [0.2, 0.25) is 0 Å². The van der Waals surface area contributed by atoms with E-state index in [1.54, 1.807) is 6.20 Å². The smallest absolute Gasteiger partial charge is 0.255 e. The van der Waals surface area contributed by atoms with Gasteiger partial charge < -0.3 is 15.1 Å². The molecule has 1 N–H and O–H groups in total. The van der Waals surface area contributed by atoms with E-state index in [1.807, 2.05) is 47.4 Å². The first-order valence-electron chi connectivity index (χ1n) is 10.6. The number of nitrogens with zero attached hydrogens (tertiary/aromatic N) is 4. The van der Waals surface area contributed by atoms with E-state index in [0.29, 0.717) is 44.8 Å². The number of amides is 2. The third kappa shape index (κ3) is 5.79. The molecular formula is C23H31N5O2. The minimum atomic E-state index is 0.00164. The number of benzene rings is 1. The molecule has 3 rings (SSSR count). The maximum Gasteiger partial charge on any atom is 0.255 e. The van der Waals surface area contributed by atoms with Crippen LogP contribution in [0.3, 0.4) is 0 Å². The molecule has 1 saturated heterocycles. The normalized spacial score (nSPS) is 14.4. The van der Waals surface area contributed by atoms with E-state index in [1.165, 1.54) is 0 Å². The zero-order chi connectivity index (χ0) is 21.3. The van der Waals surface area contributed by atoms with Gasteiger partial charge in [0.05, 0.1) is 12.1 Å². The number of rotatable bonds is 8.